The lowest BCUT2D eigenvalue weighted by Gasteiger charge is -2.17. The molecule has 1 atom stereocenters. The monoisotopic (exact) mass is 234 g/mol. The summed E-state index contributed by atoms with van der Waals surface area (Å²) in [6, 6.07) is 10.6. The summed E-state index contributed by atoms with van der Waals surface area (Å²) in [6.07, 6.45) is 2.50. The molecule has 0 N–H and O–H groups in total. The molecule has 1 unspecified atom stereocenters. The topological polar surface area (TPSA) is 0 Å². The molecule has 16 heavy (non-hydrogen) atoms. The van der Waals surface area contributed by atoms with E-state index in [1.165, 1.54) is 23.3 Å². The van der Waals surface area contributed by atoms with E-state index in [-0.39, 0.29) is 0 Å². The molecule has 0 heterocycles. The lowest BCUT2D eigenvalue weighted by atomic mass is 10.0. The highest BCUT2D eigenvalue weighted by molar-refractivity contribution is 8.00. The molecule has 0 radical (unpaired) electrons. The van der Waals surface area contributed by atoms with Crippen molar-refractivity contribution < 1.29 is 0 Å². The Morgan fingerprint density at radius 1 is 1.19 bits per heavy atom. The van der Waals surface area contributed by atoms with E-state index in [0.29, 0.717) is 5.25 Å². The van der Waals surface area contributed by atoms with E-state index < -0.39 is 0 Å². The van der Waals surface area contributed by atoms with Gasteiger partial charge >= 0.3 is 0 Å². The first kappa shape index (κ1) is 13.4. The number of benzene rings is 1. The molecule has 0 fully saturated rings. The van der Waals surface area contributed by atoms with Gasteiger partial charge in [-0.2, -0.15) is 0 Å². The summed E-state index contributed by atoms with van der Waals surface area (Å²) in [4.78, 5) is 1.35. The van der Waals surface area contributed by atoms with Crippen LogP contribution in [0.3, 0.4) is 0 Å². The molecule has 88 valence electrons. The molecule has 1 heteroatoms. The van der Waals surface area contributed by atoms with Gasteiger partial charge in [0.05, 0.1) is 0 Å². The molecule has 0 saturated heterocycles. The molecule has 0 bridgehead atoms. The fourth-order valence-electron chi connectivity index (χ4n) is 1.55. The third kappa shape index (κ3) is 4.89. The summed E-state index contributed by atoms with van der Waals surface area (Å²) < 4.78 is 0. The highest BCUT2D eigenvalue weighted by Gasteiger charge is 2.11. The van der Waals surface area contributed by atoms with Crippen molar-refractivity contribution in [3.63, 3.8) is 0 Å². The smallest absolute Gasteiger partial charge is 0.0298 e. The molecule has 1 aromatic rings. The summed E-state index contributed by atoms with van der Waals surface area (Å²) >= 11 is 1.94. The molecule has 0 aliphatic carbocycles. The molecule has 0 aliphatic rings. The average Bonchev–Trinajstić information content (AvgIpc) is 2.25. The van der Waals surface area contributed by atoms with Crippen LogP contribution in [-0.2, 0) is 0 Å². The summed E-state index contributed by atoms with van der Waals surface area (Å²) in [5.74, 6) is 0.776. The van der Waals surface area contributed by atoms with Gasteiger partial charge in [-0.25, -0.2) is 0 Å². The van der Waals surface area contributed by atoms with Crippen LogP contribution in [0.25, 0.3) is 0 Å². The summed E-state index contributed by atoms with van der Waals surface area (Å²) in [7, 11) is 0. The largest absolute Gasteiger partial charge is 0.118 e. The standard InChI is InChI=1S/C15H22S/c1-12(2)10-11-15(13(3)4)16-14-8-6-5-7-9-14/h5-9,12,15H,3,10-11H2,1-2,4H3. The van der Waals surface area contributed by atoms with Crippen molar-refractivity contribution in [3.8, 4) is 0 Å². The fourth-order valence-corrected chi connectivity index (χ4v) is 2.65. The van der Waals surface area contributed by atoms with Gasteiger partial charge in [0.25, 0.3) is 0 Å². The van der Waals surface area contributed by atoms with Crippen LogP contribution in [0.15, 0.2) is 47.4 Å². The van der Waals surface area contributed by atoms with Gasteiger partial charge in [-0.1, -0.05) is 44.2 Å². The molecule has 0 nitrogen and oxygen atoms in total. The predicted octanol–water partition coefficient (Wildman–Crippen LogP) is 5.16. The number of hydrogen-bond donors (Lipinski definition) is 0. The van der Waals surface area contributed by atoms with E-state index >= 15 is 0 Å². The molecule has 0 spiro atoms. The van der Waals surface area contributed by atoms with Gasteiger partial charge in [0, 0.05) is 10.1 Å². The number of rotatable bonds is 6. The second kappa shape index (κ2) is 6.80. The summed E-state index contributed by atoms with van der Waals surface area (Å²) in [5.41, 5.74) is 1.29. The van der Waals surface area contributed by atoms with E-state index in [4.69, 9.17) is 0 Å². The quantitative estimate of drug-likeness (QED) is 0.484. The molecular weight excluding hydrogens is 212 g/mol. The number of thioether (sulfide) groups is 1. The highest BCUT2D eigenvalue weighted by atomic mass is 32.2. The first-order valence-corrected chi connectivity index (χ1v) is 6.84. The Morgan fingerprint density at radius 3 is 2.31 bits per heavy atom. The third-order valence-electron chi connectivity index (χ3n) is 2.58. The van der Waals surface area contributed by atoms with Gasteiger partial charge in [0.1, 0.15) is 0 Å². The Balaban J connectivity index is 2.55. The van der Waals surface area contributed by atoms with E-state index in [2.05, 4.69) is 57.7 Å². The lowest BCUT2D eigenvalue weighted by molar-refractivity contribution is 0.559. The molecule has 1 aromatic carbocycles. The van der Waals surface area contributed by atoms with Crippen molar-refractivity contribution in [3.05, 3.63) is 42.5 Å². The van der Waals surface area contributed by atoms with Crippen LogP contribution in [0.1, 0.15) is 33.6 Å². The van der Waals surface area contributed by atoms with Gasteiger partial charge in [0.2, 0.25) is 0 Å². The van der Waals surface area contributed by atoms with Gasteiger partial charge in [0.15, 0.2) is 0 Å². The van der Waals surface area contributed by atoms with Crippen molar-refractivity contribution in [2.75, 3.05) is 0 Å². The second-order valence-electron chi connectivity index (χ2n) is 4.74. The molecule has 0 aliphatic heterocycles. The maximum Gasteiger partial charge on any atom is 0.0298 e. The molecule has 0 aromatic heterocycles. The summed E-state index contributed by atoms with van der Waals surface area (Å²) in [5, 5.41) is 0.560. The van der Waals surface area contributed by atoms with Crippen LogP contribution in [0.2, 0.25) is 0 Å². The van der Waals surface area contributed by atoms with E-state index in [1.807, 2.05) is 11.8 Å². The molecular formula is C15H22S. The Bertz CT molecular complexity index is 313. The van der Waals surface area contributed by atoms with Crippen LogP contribution >= 0.6 is 11.8 Å². The Morgan fingerprint density at radius 2 is 1.81 bits per heavy atom. The minimum atomic E-state index is 0.560. The highest BCUT2D eigenvalue weighted by Crippen LogP contribution is 2.31. The zero-order chi connectivity index (χ0) is 12.0. The van der Waals surface area contributed by atoms with Crippen molar-refractivity contribution in [1.82, 2.24) is 0 Å². The first-order chi connectivity index (χ1) is 7.59. The Hall–Kier alpha value is -0.690. The van der Waals surface area contributed by atoms with Gasteiger partial charge in [-0.3, -0.25) is 0 Å². The van der Waals surface area contributed by atoms with Crippen molar-refractivity contribution in [2.45, 2.75) is 43.8 Å². The number of hydrogen-bond acceptors (Lipinski definition) is 1. The Labute approximate surface area is 104 Å². The van der Waals surface area contributed by atoms with Crippen molar-refractivity contribution in [1.29, 1.82) is 0 Å². The minimum Gasteiger partial charge on any atom is -0.118 e. The van der Waals surface area contributed by atoms with Crippen LogP contribution in [-0.4, -0.2) is 5.25 Å². The van der Waals surface area contributed by atoms with Crippen molar-refractivity contribution in [2.24, 2.45) is 5.92 Å². The van der Waals surface area contributed by atoms with E-state index in [0.717, 1.165) is 5.92 Å². The normalized spacial score (nSPS) is 12.8. The van der Waals surface area contributed by atoms with Crippen LogP contribution in [0.5, 0.6) is 0 Å². The maximum absolute atomic E-state index is 4.11. The maximum atomic E-state index is 4.11. The van der Waals surface area contributed by atoms with Crippen LogP contribution in [0.4, 0.5) is 0 Å². The van der Waals surface area contributed by atoms with E-state index in [9.17, 15) is 0 Å². The second-order valence-corrected chi connectivity index (χ2v) is 6.01. The lowest BCUT2D eigenvalue weighted by Crippen LogP contribution is -2.05. The first-order valence-electron chi connectivity index (χ1n) is 5.96. The SMILES string of the molecule is C=C(C)C(CCC(C)C)Sc1ccccc1. The van der Waals surface area contributed by atoms with Crippen LogP contribution < -0.4 is 0 Å². The van der Waals surface area contributed by atoms with Gasteiger partial charge < -0.3 is 0 Å². The van der Waals surface area contributed by atoms with Crippen LogP contribution in [0, 0.1) is 5.92 Å². The predicted molar refractivity (Wildman–Crippen MR) is 75.0 cm³/mol. The van der Waals surface area contributed by atoms with Gasteiger partial charge in [-0.05, 0) is 37.8 Å². The zero-order valence-corrected chi connectivity index (χ0v) is 11.4. The molecule has 0 saturated carbocycles. The summed E-state index contributed by atoms with van der Waals surface area (Å²) in [6.45, 7) is 10.8. The Kier molecular flexibility index (Phi) is 5.68. The zero-order valence-electron chi connectivity index (χ0n) is 10.6. The fraction of sp³-hybridized carbons (Fsp3) is 0.467. The van der Waals surface area contributed by atoms with E-state index in [1.54, 1.807) is 0 Å². The molecule has 1 rings (SSSR count). The third-order valence-corrected chi connectivity index (χ3v) is 4.04. The minimum absolute atomic E-state index is 0.560. The van der Waals surface area contributed by atoms with Crippen molar-refractivity contribution >= 4 is 11.8 Å². The van der Waals surface area contributed by atoms with Gasteiger partial charge in [-0.15, -0.1) is 11.8 Å². The molecule has 0 amide bonds. The average molecular weight is 234 g/mol.